The standard InChI is InChI=1S/C32H17FN4/c1-35-27-18-22(17-20(19-34)30(27)33)37-29-14-8-6-12-24(29)26-16-15-25-23-11-5-7-13-28(23)36(31(25)32(26)37)21-9-3-2-4-10-21/h2-18H. The van der Waals surface area contributed by atoms with Crippen LogP contribution in [0.1, 0.15) is 5.56 Å². The molecule has 172 valence electrons. The van der Waals surface area contributed by atoms with Crippen molar-refractivity contribution >= 4 is 49.3 Å². The van der Waals surface area contributed by atoms with Crippen molar-refractivity contribution in [2.75, 3.05) is 0 Å². The Labute approximate surface area is 211 Å². The van der Waals surface area contributed by atoms with E-state index in [2.05, 4.69) is 56.4 Å². The van der Waals surface area contributed by atoms with Crippen LogP contribution in [0.15, 0.2) is 103 Å². The zero-order valence-electron chi connectivity index (χ0n) is 19.5. The van der Waals surface area contributed by atoms with E-state index in [0.29, 0.717) is 5.69 Å². The molecule has 0 amide bonds. The summed E-state index contributed by atoms with van der Waals surface area (Å²) in [6, 6.07) is 35.8. The van der Waals surface area contributed by atoms with Gasteiger partial charge in [0.1, 0.15) is 11.9 Å². The van der Waals surface area contributed by atoms with Crippen LogP contribution in [-0.2, 0) is 0 Å². The Balaban J connectivity index is 1.77. The van der Waals surface area contributed by atoms with E-state index in [4.69, 9.17) is 6.57 Å². The molecule has 7 aromatic rings. The Morgan fingerprint density at radius 2 is 1.19 bits per heavy atom. The number of aromatic nitrogens is 2. The zero-order chi connectivity index (χ0) is 25.1. The molecule has 0 bridgehead atoms. The van der Waals surface area contributed by atoms with Gasteiger partial charge in [0.15, 0.2) is 0 Å². The summed E-state index contributed by atoms with van der Waals surface area (Å²) in [7, 11) is 0. The van der Waals surface area contributed by atoms with Crippen molar-refractivity contribution in [2.24, 2.45) is 0 Å². The zero-order valence-corrected chi connectivity index (χ0v) is 19.5. The van der Waals surface area contributed by atoms with E-state index in [1.165, 1.54) is 12.1 Å². The van der Waals surface area contributed by atoms with Gasteiger partial charge in [-0.05, 0) is 36.4 Å². The van der Waals surface area contributed by atoms with E-state index in [9.17, 15) is 9.65 Å². The molecule has 37 heavy (non-hydrogen) atoms. The van der Waals surface area contributed by atoms with Gasteiger partial charge in [-0.25, -0.2) is 9.24 Å². The van der Waals surface area contributed by atoms with Crippen molar-refractivity contribution in [1.29, 1.82) is 5.26 Å². The average Bonchev–Trinajstić information content (AvgIpc) is 3.47. The van der Waals surface area contributed by atoms with E-state index in [0.717, 1.165) is 49.3 Å². The van der Waals surface area contributed by atoms with Gasteiger partial charge in [-0.2, -0.15) is 5.26 Å². The summed E-state index contributed by atoms with van der Waals surface area (Å²) >= 11 is 0. The summed E-state index contributed by atoms with van der Waals surface area (Å²) in [6.45, 7) is 7.52. The third-order valence-corrected chi connectivity index (χ3v) is 7.02. The fraction of sp³-hybridized carbons (Fsp3) is 0. The maximum Gasteiger partial charge on any atom is 0.225 e. The second kappa shape index (κ2) is 7.81. The van der Waals surface area contributed by atoms with Crippen molar-refractivity contribution in [3.63, 3.8) is 0 Å². The molecule has 0 radical (unpaired) electrons. The second-order valence-corrected chi connectivity index (χ2v) is 8.95. The first-order valence-corrected chi connectivity index (χ1v) is 11.8. The quantitative estimate of drug-likeness (QED) is 0.231. The lowest BCUT2D eigenvalue weighted by Crippen LogP contribution is -2.00. The van der Waals surface area contributed by atoms with Crippen LogP contribution >= 0.6 is 0 Å². The van der Waals surface area contributed by atoms with Gasteiger partial charge in [-0.3, -0.25) is 0 Å². The SMILES string of the molecule is [C-]#[N+]c1cc(-n2c3ccccc3c3ccc4c5ccccc5n(-c5ccccc5)c4c32)cc(C#N)c1F. The normalized spacial score (nSPS) is 11.3. The summed E-state index contributed by atoms with van der Waals surface area (Å²) < 4.78 is 19.1. The minimum absolute atomic E-state index is 0.148. The van der Waals surface area contributed by atoms with Gasteiger partial charge in [0, 0.05) is 32.9 Å². The van der Waals surface area contributed by atoms with E-state index < -0.39 is 5.82 Å². The highest BCUT2D eigenvalue weighted by atomic mass is 19.1. The Morgan fingerprint density at radius 3 is 1.76 bits per heavy atom. The van der Waals surface area contributed by atoms with Crippen LogP contribution in [0, 0.1) is 23.7 Å². The third kappa shape index (κ3) is 2.86. The first-order chi connectivity index (χ1) is 18.2. The van der Waals surface area contributed by atoms with E-state index in [-0.39, 0.29) is 11.3 Å². The van der Waals surface area contributed by atoms with Crippen LogP contribution in [0.3, 0.4) is 0 Å². The molecule has 2 aromatic heterocycles. The van der Waals surface area contributed by atoms with Gasteiger partial charge in [0.05, 0.1) is 34.2 Å². The highest BCUT2D eigenvalue weighted by Crippen LogP contribution is 2.42. The van der Waals surface area contributed by atoms with Gasteiger partial charge in [-0.15, -0.1) is 0 Å². The van der Waals surface area contributed by atoms with E-state index in [1.54, 1.807) is 0 Å². The van der Waals surface area contributed by atoms with Gasteiger partial charge in [0.25, 0.3) is 0 Å². The molecule has 0 N–H and O–H groups in total. The lowest BCUT2D eigenvalue weighted by molar-refractivity contribution is 0.629. The summed E-state index contributed by atoms with van der Waals surface area (Å²) in [5, 5.41) is 13.9. The van der Waals surface area contributed by atoms with Gasteiger partial charge in [-0.1, -0.05) is 66.7 Å². The molecule has 4 nitrogen and oxygen atoms in total. The van der Waals surface area contributed by atoms with Crippen LogP contribution < -0.4 is 0 Å². The summed E-state index contributed by atoms with van der Waals surface area (Å²) in [6.07, 6.45) is 0. The van der Waals surface area contributed by atoms with Crippen molar-refractivity contribution in [2.45, 2.75) is 0 Å². The Kier molecular flexibility index (Phi) is 4.42. The molecule has 0 aliphatic carbocycles. The number of fused-ring (bicyclic) bond motifs is 7. The number of nitrogens with zero attached hydrogens (tertiary/aromatic N) is 4. The first-order valence-electron chi connectivity index (χ1n) is 11.8. The second-order valence-electron chi connectivity index (χ2n) is 8.95. The molecule has 7 rings (SSSR count). The topological polar surface area (TPSA) is 38.0 Å². The predicted molar refractivity (Wildman–Crippen MR) is 146 cm³/mol. The maximum absolute atomic E-state index is 14.8. The maximum atomic E-state index is 14.8. The monoisotopic (exact) mass is 476 g/mol. The first kappa shape index (κ1) is 20.9. The van der Waals surface area contributed by atoms with Crippen LogP contribution in [0.4, 0.5) is 10.1 Å². The highest BCUT2D eigenvalue weighted by molar-refractivity contribution is 6.23. The molecule has 0 aliphatic rings. The van der Waals surface area contributed by atoms with Crippen LogP contribution in [0.2, 0.25) is 0 Å². The predicted octanol–water partition coefficient (Wildman–Crippen LogP) is 8.44. The molecule has 0 atom stereocenters. The Morgan fingerprint density at radius 1 is 0.649 bits per heavy atom. The number of nitriles is 1. The fourth-order valence-electron chi connectivity index (χ4n) is 5.50. The molecule has 0 saturated heterocycles. The number of rotatable bonds is 2. The molecule has 0 saturated carbocycles. The lowest BCUT2D eigenvalue weighted by atomic mass is 10.1. The Bertz CT molecular complexity index is 2080. The van der Waals surface area contributed by atoms with Crippen LogP contribution in [0.5, 0.6) is 0 Å². The number of para-hydroxylation sites is 3. The largest absolute Gasteiger partial charge is 0.308 e. The van der Waals surface area contributed by atoms with Crippen molar-refractivity contribution in [1.82, 2.24) is 9.13 Å². The van der Waals surface area contributed by atoms with Gasteiger partial charge >= 0.3 is 0 Å². The molecule has 0 aliphatic heterocycles. The smallest absolute Gasteiger partial charge is 0.225 e. The van der Waals surface area contributed by atoms with Crippen molar-refractivity contribution in [3.8, 4) is 17.4 Å². The van der Waals surface area contributed by atoms with Gasteiger partial charge in [0.2, 0.25) is 5.69 Å². The molecular weight excluding hydrogens is 459 g/mol. The molecule has 0 unspecified atom stereocenters. The van der Waals surface area contributed by atoms with E-state index >= 15 is 0 Å². The summed E-state index contributed by atoms with van der Waals surface area (Å²) in [4.78, 5) is 3.38. The van der Waals surface area contributed by atoms with Gasteiger partial charge < -0.3 is 9.13 Å². The third-order valence-electron chi connectivity index (χ3n) is 7.02. The van der Waals surface area contributed by atoms with Crippen LogP contribution in [-0.4, -0.2) is 9.13 Å². The number of halogens is 1. The molecule has 0 spiro atoms. The number of benzene rings is 5. The molecule has 0 fully saturated rings. The lowest BCUT2D eigenvalue weighted by Gasteiger charge is -2.13. The molecule has 5 heteroatoms. The van der Waals surface area contributed by atoms with Crippen LogP contribution in [0.25, 0.3) is 59.8 Å². The minimum atomic E-state index is -0.787. The minimum Gasteiger partial charge on any atom is -0.308 e. The average molecular weight is 477 g/mol. The molecular formula is C32H17FN4. The number of hydrogen-bond donors (Lipinski definition) is 0. The summed E-state index contributed by atoms with van der Waals surface area (Å²) in [5.41, 5.74) is 5.22. The molecule has 2 heterocycles. The fourth-order valence-corrected chi connectivity index (χ4v) is 5.50. The van der Waals surface area contributed by atoms with Crippen molar-refractivity contribution < 1.29 is 4.39 Å². The van der Waals surface area contributed by atoms with E-state index in [1.807, 2.05) is 54.6 Å². The Hall–Kier alpha value is -5.39. The molecule has 5 aromatic carbocycles. The summed E-state index contributed by atoms with van der Waals surface area (Å²) in [5.74, 6) is -0.787. The van der Waals surface area contributed by atoms with Crippen molar-refractivity contribution in [3.05, 3.63) is 126 Å². The number of hydrogen-bond acceptors (Lipinski definition) is 1. The highest BCUT2D eigenvalue weighted by Gasteiger charge is 2.22.